The second kappa shape index (κ2) is 4.60. The highest BCUT2D eigenvalue weighted by Crippen LogP contribution is 2.19. The molecule has 1 aliphatic rings. The first-order valence-electron chi connectivity index (χ1n) is 5.52. The lowest BCUT2D eigenvalue weighted by atomic mass is 10.1. The van der Waals surface area contributed by atoms with Gasteiger partial charge < -0.3 is 10.0 Å². The largest absolute Gasteiger partial charge is 0.388 e. The van der Waals surface area contributed by atoms with Gasteiger partial charge in [-0.25, -0.2) is 0 Å². The van der Waals surface area contributed by atoms with E-state index in [9.17, 15) is 5.11 Å². The highest BCUT2D eigenvalue weighted by atomic mass is 16.3. The fourth-order valence-electron chi connectivity index (χ4n) is 2.40. The van der Waals surface area contributed by atoms with Crippen molar-refractivity contribution in [1.82, 2.24) is 9.80 Å². The predicted octanol–water partition coefficient (Wildman–Crippen LogP) is 0.783. The van der Waals surface area contributed by atoms with E-state index in [0.29, 0.717) is 6.04 Å². The van der Waals surface area contributed by atoms with Crippen molar-refractivity contribution in [2.45, 2.75) is 38.3 Å². The quantitative estimate of drug-likeness (QED) is 0.726. The first kappa shape index (κ1) is 12.0. The third kappa shape index (κ3) is 3.56. The molecule has 2 unspecified atom stereocenters. The zero-order valence-electron chi connectivity index (χ0n) is 9.95. The number of aliphatic hydroxyl groups is 1. The summed E-state index contributed by atoms with van der Waals surface area (Å²) in [4.78, 5) is 4.43. The lowest BCUT2D eigenvalue weighted by Gasteiger charge is -2.33. The van der Waals surface area contributed by atoms with Crippen LogP contribution in [0.1, 0.15) is 26.7 Å². The maximum Gasteiger partial charge on any atom is 0.0872 e. The Bertz CT molecular complexity index is 180. The lowest BCUT2D eigenvalue weighted by molar-refractivity contribution is -0.00170. The number of rotatable bonds is 4. The summed E-state index contributed by atoms with van der Waals surface area (Å²) in [6.07, 6.45) is 2.55. The van der Waals surface area contributed by atoms with E-state index in [1.54, 1.807) is 0 Å². The average molecular weight is 200 g/mol. The number of hydrogen-bond donors (Lipinski definition) is 1. The van der Waals surface area contributed by atoms with Crippen LogP contribution in [0, 0.1) is 0 Å². The molecule has 0 spiro atoms. The Labute approximate surface area is 87.7 Å². The number of hydrogen-bond acceptors (Lipinski definition) is 3. The SMILES string of the molecule is CC1CCCN1CC(C)(O)CN(C)C. The van der Waals surface area contributed by atoms with E-state index in [4.69, 9.17) is 0 Å². The highest BCUT2D eigenvalue weighted by Gasteiger charge is 2.29. The molecule has 0 aromatic rings. The Kier molecular flexibility index (Phi) is 3.93. The van der Waals surface area contributed by atoms with Crippen LogP contribution in [-0.2, 0) is 0 Å². The van der Waals surface area contributed by atoms with Gasteiger partial charge in [0.05, 0.1) is 5.60 Å². The Balaban J connectivity index is 2.41. The summed E-state index contributed by atoms with van der Waals surface area (Å²) in [5, 5.41) is 10.2. The zero-order valence-corrected chi connectivity index (χ0v) is 9.95. The van der Waals surface area contributed by atoms with Gasteiger partial charge in [0.15, 0.2) is 0 Å². The van der Waals surface area contributed by atoms with Crippen molar-refractivity contribution < 1.29 is 5.11 Å². The van der Waals surface area contributed by atoms with Crippen LogP contribution in [0.5, 0.6) is 0 Å². The van der Waals surface area contributed by atoms with Crippen LogP contribution in [0.3, 0.4) is 0 Å². The molecule has 1 saturated heterocycles. The van der Waals surface area contributed by atoms with Gasteiger partial charge >= 0.3 is 0 Å². The summed E-state index contributed by atoms with van der Waals surface area (Å²) in [5.74, 6) is 0. The Hall–Kier alpha value is -0.120. The average Bonchev–Trinajstić information content (AvgIpc) is 2.32. The molecule has 0 aromatic carbocycles. The third-order valence-electron chi connectivity index (χ3n) is 2.89. The summed E-state index contributed by atoms with van der Waals surface area (Å²) in [6.45, 7) is 6.85. The van der Waals surface area contributed by atoms with Crippen molar-refractivity contribution in [2.75, 3.05) is 33.7 Å². The molecular weight excluding hydrogens is 176 g/mol. The molecule has 3 nitrogen and oxygen atoms in total. The fraction of sp³-hybridized carbons (Fsp3) is 1.00. The smallest absolute Gasteiger partial charge is 0.0872 e. The minimum absolute atomic E-state index is 0.581. The van der Waals surface area contributed by atoms with Crippen molar-refractivity contribution in [3.05, 3.63) is 0 Å². The summed E-state index contributed by atoms with van der Waals surface area (Å²) < 4.78 is 0. The second-order valence-electron chi connectivity index (χ2n) is 5.20. The molecule has 1 N–H and O–H groups in total. The van der Waals surface area contributed by atoms with Crippen molar-refractivity contribution in [3.8, 4) is 0 Å². The molecule has 1 aliphatic heterocycles. The Morgan fingerprint density at radius 3 is 2.57 bits per heavy atom. The van der Waals surface area contributed by atoms with Gasteiger partial charge in [0.1, 0.15) is 0 Å². The van der Waals surface area contributed by atoms with Crippen molar-refractivity contribution in [2.24, 2.45) is 0 Å². The highest BCUT2D eigenvalue weighted by molar-refractivity contribution is 4.85. The molecule has 0 aromatic heterocycles. The van der Waals surface area contributed by atoms with Gasteiger partial charge in [-0.3, -0.25) is 4.90 Å². The van der Waals surface area contributed by atoms with E-state index in [1.807, 2.05) is 25.9 Å². The third-order valence-corrected chi connectivity index (χ3v) is 2.89. The van der Waals surface area contributed by atoms with Gasteiger partial charge in [0, 0.05) is 19.1 Å². The van der Waals surface area contributed by atoms with Crippen molar-refractivity contribution >= 4 is 0 Å². The van der Waals surface area contributed by atoms with Crippen molar-refractivity contribution in [3.63, 3.8) is 0 Å². The minimum Gasteiger partial charge on any atom is -0.388 e. The predicted molar refractivity (Wildman–Crippen MR) is 59.4 cm³/mol. The van der Waals surface area contributed by atoms with Crippen LogP contribution >= 0.6 is 0 Å². The second-order valence-corrected chi connectivity index (χ2v) is 5.20. The molecule has 2 atom stereocenters. The molecular formula is C11H24N2O. The van der Waals surface area contributed by atoms with Crippen LogP contribution < -0.4 is 0 Å². The molecule has 0 bridgehead atoms. The van der Waals surface area contributed by atoms with Crippen LogP contribution in [0.4, 0.5) is 0 Å². The maximum absolute atomic E-state index is 10.2. The Morgan fingerprint density at radius 1 is 1.50 bits per heavy atom. The van der Waals surface area contributed by atoms with Crippen LogP contribution in [0.2, 0.25) is 0 Å². The summed E-state index contributed by atoms with van der Waals surface area (Å²) in [6, 6.07) is 0.642. The van der Waals surface area contributed by atoms with E-state index in [0.717, 1.165) is 19.6 Å². The van der Waals surface area contributed by atoms with Gasteiger partial charge in [-0.05, 0) is 47.3 Å². The maximum atomic E-state index is 10.2. The van der Waals surface area contributed by atoms with E-state index in [1.165, 1.54) is 12.8 Å². The summed E-state index contributed by atoms with van der Waals surface area (Å²) in [7, 11) is 4.00. The van der Waals surface area contributed by atoms with Gasteiger partial charge in [0.25, 0.3) is 0 Å². The standard InChI is InChI=1S/C11H24N2O/c1-10-6-5-7-13(10)9-11(2,14)8-12(3)4/h10,14H,5-9H2,1-4H3. The van der Waals surface area contributed by atoms with E-state index in [-0.39, 0.29) is 0 Å². The van der Waals surface area contributed by atoms with E-state index >= 15 is 0 Å². The van der Waals surface area contributed by atoms with Gasteiger partial charge in [0.2, 0.25) is 0 Å². The fourth-order valence-corrected chi connectivity index (χ4v) is 2.40. The Morgan fingerprint density at radius 2 is 2.14 bits per heavy atom. The number of likely N-dealkylation sites (tertiary alicyclic amines) is 1. The van der Waals surface area contributed by atoms with Gasteiger partial charge in [-0.1, -0.05) is 0 Å². The van der Waals surface area contributed by atoms with Crippen LogP contribution in [0.25, 0.3) is 0 Å². The molecule has 14 heavy (non-hydrogen) atoms. The van der Waals surface area contributed by atoms with Crippen LogP contribution in [-0.4, -0.2) is 60.3 Å². The molecule has 0 aliphatic carbocycles. The molecule has 3 heteroatoms. The van der Waals surface area contributed by atoms with Gasteiger partial charge in [-0.15, -0.1) is 0 Å². The summed E-state index contributed by atoms with van der Waals surface area (Å²) in [5.41, 5.74) is -0.581. The number of likely N-dealkylation sites (N-methyl/N-ethyl adjacent to an activating group) is 1. The molecule has 0 saturated carbocycles. The molecule has 1 rings (SSSR count). The topological polar surface area (TPSA) is 26.7 Å². The zero-order chi connectivity index (χ0) is 10.8. The summed E-state index contributed by atoms with van der Waals surface area (Å²) >= 11 is 0. The normalized spacial score (nSPS) is 28.3. The minimum atomic E-state index is -0.581. The molecule has 0 amide bonds. The first-order valence-corrected chi connectivity index (χ1v) is 5.52. The van der Waals surface area contributed by atoms with Crippen molar-refractivity contribution in [1.29, 1.82) is 0 Å². The monoisotopic (exact) mass is 200 g/mol. The van der Waals surface area contributed by atoms with E-state index < -0.39 is 5.60 Å². The van der Waals surface area contributed by atoms with E-state index in [2.05, 4.69) is 11.8 Å². The van der Waals surface area contributed by atoms with Gasteiger partial charge in [-0.2, -0.15) is 0 Å². The molecule has 1 heterocycles. The number of β-amino-alcohol motifs (C(OH)–C–C–N with tert-alkyl or cyclic N) is 1. The molecule has 84 valence electrons. The molecule has 1 fully saturated rings. The molecule has 0 radical (unpaired) electrons. The first-order chi connectivity index (χ1) is 6.41. The van der Waals surface area contributed by atoms with Crippen LogP contribution in [0.15, 0.2) is 0 Å². The lowest BCUT2D eigenvalue weighted by Crippen LogP contribution is -2.48. The number of nitrogens with zero attached hydrogens (tertiary/aromatic N) is 2.